The fraction of sp³-hybridized carbons (Fsp3) is 0.278. The molecule has 3 nitrogen and oxygen atoms in total. The molecule has 116 valence electrons. The van der Waals surface area contributed by atoms with Crippen molar-refractivity contribution in [1.29, 1.82) is 0 Å². The number of carbonyl (C=O) groups excluding carboxylic acids is 1. The second kappa shape index (κ2) is 7.07. The molecule has 0 heterocycles. The lowest BCUT2D eigenvalue weighted by atomic mass is 10.1. The Morgan fingerprint density at radius 1 is 1.14 bits per heavy atom. The number of rotatable bonds is 5. The summed E-state index contributed by atoms with van der Waals surface area (Å²) in [5, 5.41) is 0. The first-order chi connectivity index (χ1) is 10.5. The molecule has 22 heavy (non-hydrogen) atoms. The highest BCUT2D eigenvalue weighted by Crippen LogP contribution is 2.22. The van der Waals surface area contributed by atoms with Crippen LogP contribution in [0.4, 0.5) is 4.39 Å². The second-order valence-corrected chi connectivity index (χ2v) is 5.26. The number of methoxy groups -OCH3 is 1. The van der Waals surface area contributed by atoms with E-state index in [1.54, 1.807) is 31.2 Å². The summed E-state index contributed by atoms with van der Waals surface area (Å²) in [6, 6.07) is 13.6. The third kappa shape index (κ3) is 3.85. The molecular weight excluding hydrogens is 281 g/mol. The molecule has 1 unspecified atom stereocenters. The molecule has 1 atom stereocenters. The number of halogens is 1. The first-order valence-electron chi connectivity index (χ1n) is 7.15. The molecular formula is C18H20FNO2. The van der Waals surface area contributed by atoms with E-state index in [1.165, 1.54) is 12.1 Å². The average Bonchev–Trinajstić information content (AvgIpc) is 2.55. The highest BCUT2D eigenvalue weighted by Gasteiger charge is 2.17. The third-order valence-corrected chi connectivity index (χ3v) is 3.84. The molecule has 0 bridgehead atoms. The van der Waals surface area contributed by atoms with Crippen molar-refractivity contribution < 1.29 is 13.9 Å². The van der Waals surface area contributed by atoms with Gasteiger partial charge in [0.25, 0.3) is 0 Å². The Morgan fingerprint density at radius 2 is 1.73 bits per heavy atom. The van der Waals surface area contributed by atoms with Gasteiger partial charge in [0.15, 0.2) is 0 Å². The summed E-state index contributed by atoms with van der Waals surface area (Å²) >= 11 is 0. The molecule has 0 aliphatic heterocycles. The van der Waals surface area contributed by atoms with Crippen LogP contribution in [-0.2, 0) is 11.2 Å². The van der Waals surface area contributed by atoms with Crippen LogP contribution in [-0.4, -0.2) is 25.0 Å². The lowest BCUT2D eigenvalue weighted by Gasteiger charge is -2.25. The molecule has 0 saturated heterocycles. The van der Waals surface area contributed by atoms with Crippen LogP contribution in [0.2, 0.25) is 0 Å². The van der Waals surface area contributed by atoms with Crippen molar-refractivity contribution in [2.24, 2.45) is 0 Å². The van der Waals surface area contributed by atoms with Crippen LogP contribution in [0, 0.1) is 5.82 Å². The van der Waals surface area contributed by atoms with Crippen molar-refractivity contribution >= 4 is 5.91 Å². The second-order valence-electron chi connectivity index (χ2n) is 5.26. The van der Waals surface area contributed by atoms with E-state index in [0.29, 0.717) is 0 Å². The van der Waals surface area contributed by atoms with Gasteiger partial charge in [0, 0.05) is 7.05 Å². The van der Waals surface area contributed by atoms with Gasteiger partial charge in [-0.05, 0) is 42.3 Å². The minimum Gasteiger partial charge on any atom is -0.497 e. The first-order valence-corrected chi connectivity index (χ1v) is 7.15. The number of hydrogen-bond donors (Lipinski definition) is 0. The molecule has 0 aromatic heterocycles. The minimum atomic E-state index is -0.295. The zero-order valence-electron chi connectivity index (χ0n) is 13.0. The average molecular weight is 301 g/mol. The third-order valence-electron chi connectivity index (χ3n) is 3.84. The van der Waals surface area contributed by atoms with E-state index in [4.69, 9.17) is 4.74 Å². The Kier molecular flexibility index (Phi) is 5.15. The highest BCUT2D eigenvalue weighted by molar-refractivity contribution is 5.79. The number of amides is 1. The molecule has 0 N–H and O–H groups in total. The van der Waals surface area contributed by atoms with Gasteiger partial charge in [-0.15, -0.1) is 0 Å². The molecule has 2 aromatic carbocycles. The topological polar surface area (TPSA) is 29.5 Å². The van der Waals surface area contributed by atoms with Gasteiger partial charge >= 0.3 is 0 Å². The molecule has 4 heteroatoms. The van der Waals surface area contributed by atoms with Gasteiger partial charge < -0.3 is 9.64 Å². The van der Waals surface area contributed by atoms with E-state index in [2.05, 4.69) is 0 Å². The summed E-state index contributed by atoms with van der Waals surface area (Å²) in [5.74, 6) is 0.488. The van der Waals surface area contributed by atoms with Crippen molar-refractivity contribution in [3.63, 3.8) is 0 Å². The predicted octanol–water partition coefficient (Wildman–Crippen LogP) is 3.60. The van der Waals surface area contributed by atoms with E-state index in [1.807, 2.05) is 31.2 Å². The summed E-state index contributed by atoms with van der Waals surface area (Å²) in [6.45, 7) is 1.98. The van der Waals surface area contributed by atoms with Crippen LogP contribution in [0.25, 0.3) is 0 Å². The van der Waals surface area contributed by atoms with Crippen LogP contribution in [0.15, 0.2) is 48.5 Å². The molecule has 0 aliphatic carbocycles. The monoisotopic (exact) mass is 301 g/mol. The number of carbonyl (C=O) groups is 1. The first kappa shape index (κ1) is 16.0. The van der Waals surface area contributed by atoms with Crippen LogP contribution < -0.4 is 4.74 Å². The van der Waals surface area contributed by atoms with Gasteiger partial charge in [0.1, 0.15) is 11.6 Å². The molecule has 1 amide bonds. The molecule has 0 aliphatic rings. The Hall–Kier alpha value is -2.36. The van der Waals surface area contributed by atoms with E-state index >= 15 is 0 Å². The predicted molar refractivity (Wildman–Crippen MR) is 84.3 cm³/mol. The Bertz CT molecular complexity index is 623. The van der Waals surface area contributed by atoms with Crippen molar-refractivity contribution in [3.05, 3.63) is 65.5 Å². The largest absolute Gasteiger partial charge is 0.497 e. The summed E-state index contributed by atoms with van der Waals surface area (Å²) in [5.41, 5.74) is 1.84. The highest BCUT2D eigenvalue weighted by atomic mass is 19.1. The molecule has 0 spiro atoms. The Labute approximate surface area is 130 Å². The molecule has 0 saturated carbocycles. The van der Waals surface area contributed by atoms with E-state index in [9.17, 15) is 9.18 Å². The number of hydrogen-bond acceptors (Lipinski definition) is 2. The van der Waals surface area contributed by atoms with Crippen molar-refractivity contribution in [2.45, 2.75) is 19.4 Å². The lowest BCUT2D eigenvalue weighted by Crippen LogP contribution is -2.30. The number of ether oxygens (including phenoxy) is 1. The number of benzene rings is 2. The SMILES string of the molecule is COc1ccc(C(C)N(C)C(=O)Cc2ccc(F)cc2)cc1. The number of nitrogens with zero attached hydrogens (tertiary/aromatic N) is 1. The van der Waals surface area contributed by atoms with E-state index in [0.717, 1.165) is 16.9 Å². The van der Waals surface area contributed by atoms with Gasteiger partial charge in [0.05, 0.1) is 19.6 Å². The smallest absolute Gasteiger partial charge is 0.227 e. The Balaban J connectivity index is 2.03. The normalized spacial score (nSPS) is 11.8. The Morgan fingerprint density at radius 3 is 2.27 bits per heavy atom. The van der Waals surface area contributed by atoms with Crippen LogP contribution in [0.3, 0.4) is 0 Å². The van der Waals surface area contributed by atoms with Crippen LogP contribution in [0.1, 0.15) is 24.1 Å². The fourth-order valence-corrected chi connectivity index (χ4v) is 2.22. The summed E-state index contributed by atoms with van der Waals surface area (Å²) in [4.78, 5) is 14.0. The quantitative estimate of drug-likeness (QED) is 0.844. The zero-order valence-corrected chi connectivity index (χ0v) is 13.0. The van der Waals surface area contributed by atoms with Gasteiger partial charge in [-0.3, -0.25) is 4.79 Å². The van der Waals surface area contributed by atoms with Gasteiger partial charge in [-0.1, -0.05) is 24.3 Å². The van der Waals surface area contributed by atoms with Crippen molar-refractivity contribution in [3.8, 4) is 5.75 Å². The molecule has 2 rings (SSSR count). The maximum absolute atomic E-state index is 12.9. The summed E-state index contributed by atoms with van der Waals surface area (Å²) in [6.07, 6.45) is 0.261. The maximum atomic E-state index is 12.9. The minimum absolute atomic E-state index is 0.00470. The molecule has 0 fully saturated rings. The summed E-state index contributed by atoms with van der Waals surface area (Å²) < 4.78 is 18.0. The van der Waals surface area contributed by atoms with Gasteiger partial charge in [0.2, 0.25) is 5.91 Å². The fourth-order valence-electron chi connectivity index (χ4n) is 2.22. The lowest BCUT2D eigenvalue weighted by molar-refractivity contribution is -0.131. The van der Waals surface area contributed by atoms with Crippen molar-refractivity contribution in [2.75, 3.05) is 14.2 Å². The standard InChI is InChI=1S/C18H20FNO2/c1-13(15-6-10-17(22-3)11-7-15)20(2)18(21)12-14-4-8-16(19)9-5-14/h4-11,13H,12H2,1-3H3. The number of likely N-dealkylation sites (N-methyl/N-ethyl adjacent to an activating group) is 1. The van der Waals surface area contributed by atoms with Gasteiger partial charge in [-0.25, -0.2) is 4.39 Å². The molecule has 2 aromatic rings. The van der Waals surface area contributed by atoms with E-state index in [-0.39, 0.29) is 24.2 Å². The van der Waals surface area contributed by atoms with E-state index < -0.39 is 0 Å². The maximum Gasteiger partial charge on any atom is 0.227 e. The van der Waals surface area contributed by atoms with Crippen LogP contribution in [0.5, 0.6) is 5.75 Å². The molecule has 0 radical (unpaired) electrons. The van der Waals surface area contributed by atoms with Crippen LogP contribution >= 0.6 is 0 Å². The summed E-state index contributed by atoms with van der Waals surface area (Å²) in [7, 11) is 3.40. The van der Waals surface area contributed by atoms with Gasteiger partial charge in [-0.2, -0.15) is 0 Å². The zero-order chi connectivity index (χ0) is 16.1. The van der Waals surface area contributed by atoms with Crippen molar-refractivity contribution in [1.82, 2.24) is 4.90 Å².